The standard InChI is InChI=1S/C13H13FO4S/c1-18-13(17)8-19-7-10-4-2-9(6-11(10)14)3-5-12(15)16/h2-6H,7-8H2,1H3,(H,15,16)/b5-3+. The van der Waals surface area contributed by atoms with E-state index < -0.39 is 11.8 Å². The Bertz CT molecular complexity index is 499. The maximum absolute atomic E-state index is 13.7. The summed E-state index contributed by atoms with van der Waals surface area (Å²) in [5.74, 6) is -1.35. The molecular formula is C13H13FO4S. The number of carboxylic acids is 1. The first kappa shape index (κ1) is 15.2. The number of aliphatic carboxylic acids is 1. The fourth-order valence-electron chi connectivity index (χ4n) is 1.26. The van der Waals surface area contributed by atoms with Crippen molar-refractivity contribution in [2.45, 2.75) is 5.75 Å². The maximum Gasteiger partial charge on any atom is 0.328 e. The van der Waals surface area contributed by atoms with Gasteiger partial charge < -0.3 is 9.84 Å². The minimum Gasteiger partial charge on any atom is -0.478 e. The SMILES string of the molecule is COC(=O)CSCc1ccc(/C=C/C(=O)O)cc1F. The van der Waals surface area contributed by atoms with E-state index in [0.717, 1.165) is 6.08 Å². The molecule has 0 amide bonds. The third-order valence-electron chi connectivity index (χ3n) is 2.20. The molecule has 0 fully saturated rings. The van der Waals surface area contributed by atoms with Crippen molar-refractivity contribution in [3.63, 3.8) is 0 Å². The van der Waals surface area contributed by atoms with Crippen molar-refractivity contribution >= 4 is 29.8 Å². The Hall–Kier alpha value is -1.82. The van der Waals surface area contributed by atoms with Crippen LogP contribution in [0, 0.1) is 5.82 Å². The summed E-state index contributed by atoms with van der Waals surface area (Å²) in [5, 5.41) is 8.46. The van der Waals surface area contributed by atoms with E-state index in [0.29, 0.717) is 16.9 Å². The molecule has 0 aliphatic heterocycles. The Morgan fingerprint density at radius 3 is 2.79 bits per heavy atom. The van der Waals surface area contributed by atoms with Gasteiger partial charge in [-0.05, 0) is 23.3 Å². The molecule has 0 atom stereocenters. The van der Waals surface area contributed by atoms with Gasteiger partial charge in [-0.2, -0.15) is 0 Å². The average molecular weight is 284 g/mol. The summed E-state index contributed by atoms with van der Waals surface area (Å²) in [7, 11) is 1.30. The number of thioether (sulfide) groups is 1. The van der Waals surface area contributed by atoms with Crippen molar-refractivity contribution in [2.75, 3.05) is 12.9 Å². The molecule has 1 aromatic carbocycles. The van der Waals surface area contributed by atoms with E-state index in [9.17, 15) is 14.0 Å². The molecule has 6 heteroatoms. The highest BCUT2D eigenvalue weighted by atomic mass is 32.2. The van der Waals surface area contributed by atoms with Crippen LogP contribution in [0.5, 0.6) is 0 Å². The zero-order chi connectivity index (χ0) is 14.3. The van der Waals surface area contributed by atoms with Crippen molar-refractivity contribution in [2.24, 2.45) is 0 Å². The van der Waals surface area contributed by atoms with Crippen molar-refractivity contribution in [1.82, 2.24) is 0 Å². The summed E-state index contributed by atoms with van der Waals surface area (Å²) in [4.78, 5) is 21.2. The number of halogens is 1. The minimum absolute atomic E-state index is 0.163. The first-order chi connectivity index (χ1) is 9.02. The van der Waals surface area contributed by atoms with E-state index in [1.807, 2.05) is 0 Å². The first-order valence-corrected chi connectivity index (χ1v) is 6.52. The fraction of sp³-hybridized carbons (Fsp3) is 0.231. The van der Waals surface area contributed by atoms with Crippen LogP contribution in [0.3, 0.4) is 0 Å². The lowest BCUT2D eigenvalue weighted by molar-refractivity contribution is -0.137. The lowest BCUT2D eigenvalue weighted by Crippen LogP contribution is -2.03. The largest absolute Gasteiger partial charge is 0.478 e. The zero-order valence-corrected chi connectivity index (χ0v) is 11.1. The lowest BCUT2D eigenvalue weighted by atomic mass is 10.1. The molecule has 0 heterocycles. The summed E-state index contributed by atoms with van der Waals surface area (Å²) in [5.41, 5.74) is 0.933. The molecule has 0 aliphatic carbocycles. The summed E-state index contributed by atoms with van der Waals surface area (Å²) >= 11 is 1.25. The van der Waals surface area contributed by atoms with Gasteiger partial charge in [0, 0.05) is 11.8 Å². The van der Waals surface area contributed by atoms with Gasteiger partial charge in [-0.1, -0.05) is 12.1 Å². The highest BCUT2D eigenvalue weighted by Crippen LogP contribution is 2.18. The number of hydrogen-bond acceptors (Lipinski definition) is 4. The molecule has 0 unspecified atom stereocenters. The van der Waals surface area contributed by atoms with Gasteiger partial charge in [0.05, 0.1) is 12.9 Å². The molecular weight excluding hydrogens is 271 g/mol. The van der Waals surface area contributed by atoms with Crippen molar-refractivity contribution in [3.8, 4) is 0 Å². The van der Waals surface area contributed by atoms with E-state index in [2.05, 4.69) is 4.74 Å². The van der Waals surface area contributed by atoms with Crippen LogP contribution in [0.2, 0.25) is 0 Å². The van der Waals surface area contributed by atoms with Gasteiger partial charge >= 0.3 is 11.9 Å². The predicted octanol–water partition coefficient (Wildman–Crippen LogP) is 2.33. The smallest absolute Gasteiger partial charge is 0.328 e. The Balaban J connectivity index is 2.62. The van der Waals surface area contributed by atoms with E-state index >= 15 is 0 Å². The number of hydrogen-bond donors (Lipinski definition) is 1. The second kappa shape index (κ2) is 7.58. The average Bonchev–Trinajstić information content (AvgIpc) is 2.38. The van der Waals surface area contributed by atoms with Crippen LogP contribution >= 0.6 is 11.8 Å². The molecule has 0 radical (unpaired) electrons. The van der Waals surface area contributed by atoms with E-state index in [4.69, 9.17) is 5.11 Å². The van der Waals surface area contributed by atoms with E-state index in [1.54, 1.807) is 12.1 Å². The van der Waals surface area contributed by atoms with Crippen LogP contribution in [0.1, 0.15) is 11.1 Å². The van der Waals surface area contributed by atoms with Crippen LogP contribution in [0.15, 0.2) is 24.3 Å². The predicted molar refractivity (Wildman–Crippen MR) is 71.2 cm³/mol. The maximum atomic E-state index is 13.7. The van der Waals surface area contributed by atoms with Gasteiger partial charge in [-0.3, -0.25) is 4.79 Å². The summed E-state index contributed by atoms with van der Waals surface area (Å²) < 4.78 is 18.1. The summed E-state index contributed by atoms with van der Waals surface area (Å²) in [6.07, 6.45) is 2.26. The van der Waals surface area contributed by atoms with Crippen molar-refractivity contribution in [1.29, 1.82) is 0 Å². The zero-order valence-electron chi connectivity index (χ0n) is 10.3. The number of methoxy groups -OCH3 is 1. The third kappa shape index (κ3) is 5.56. The van der Waals surface area contributed by atoms with Crippen LogP contribution in [0.4, 0.5) is 4.39 Å². The first-order valence-electron chi connectivity index (χ1n) is 5.37. The molecule has 4 nitrogen and oxygen atoms in total. The minimum atomic E-state index is -1.09. The number of benzene rings is 1. The molecule has 0 saturated heterocycles. The Morgan fingerprint density at radius 1 is 1.47 bits per heavy atom. The number of carboxylic acid groups (broad SMARTS) is 1. The van der Waals surface area contributed by atoms with Crippen molar-refractivity contribution < 1.29 is 23.8 Å². The van der Waals surface area contributed by atoms with Gasteiger partial charge in [-0.25, -0.2) is 9.18 Å². The molecule has 1 N–H and O–H groups in total. The van der Waals surface area contributed by atoms with Crippen LogP contribution < -0.4 is 0 Å². The molecule has 102 valence electrons. The molecule has 1 rings (SSSR count). The molecule has 19 heavy (non-hydrogen) atoms. The molecule has 0 spiro atoms. The highest BCUT2D eigenvalue weighted by molar-refractivity contribution is 7.99. The molecule has 0 aliphatic rings. The second-order valence-corrected chi connectivity index (χ2v) is 4.58. The topological polar surface area (TPSA) is 63.6 Å². The van der Waals surface area contributed by atoms with Crippen LogP contribution in [0.25, 0.3) is 6.08 Å². The van der Waals surface area contributed by atoms with Crippen LogP contribution in [-0.4, -0.2) is 29.9 Å². The second-order valence-electron chi connectivity index (χ2n) is 3.59. The molecule has 1 aromatic rings. The van der Waals surface area contributed by atoms with Crippen molar-refractivity contribution in [3.05, 3.63) is 41.2 Å². The van der Waals surface area contributed by atoms with E-state index in [-0.39, 0.29) is 11.7 Å². The molecule has 0 saturated carbocycles. The number of carbonyl (C=O) groups excluding carboxylic acids is 1. The Kier molecular flexibility index (Phi) is 6.08. The number of ether oxygens (including phenoxy) is 1. The molecule has 0 bridgehead atoms. The van der Waals surface area contributed by atoms with Gasteiger partial charge in [0.15, 0.2) is 0 Å². The number of rotatable bonds is 6. The fourth-order valence-corrected chi connectivity index (χ4v) is 2.10. The van der Waals surface area contributed by atoms with Gasteiger partial charge in [0.2, 0.25) is 0 Å². The normalized spacial score (nSPS) is 10.6. The highest BCUT2D eigenvalue weighted by Gasteiger charge is 2.05. The third-order valence-corrected chi connectivity index (χ3v) is 3.16. The van der Waals surface area contributed by atoms with Gasteiger partial charge in [0.25, 0.3) is 0 Å². The van der Waals surface area contributed by atoms with Gasteiger partial charge in [0.1, 0.15) is 5.82 Å². The quantitative estimate of drug-likeness (QED) is 0.641. The van der Waals surface area contributed by atoms with E-state index in [1.165, 1.54) is 31.0 Å². The number of carbonyl (C=O) groups is 2. The Labute approximate surface area is 114 Å². The monoisotopic (exact) mass is 284 g/mol. The van der Waals surface area contributed by atoms with Gasteiger partial charge in [-0.15, -0.1) is 11.8 Å². The summed E-state index contributed by atoms with van der Waals surface area (Å²) in [6.45, 7) is 0. The molecule has 0 aromatic heterocycles. The Morgan fingerprint density at radius 2 is 2.21 bits per heavy atom. The van der Waals surface area contributed by atoms with Crippen LogP contribution in [-0.2, 0) is 20.1 Å². The lowest BCUT2D eigenvalue weighted by Gasteiger charge is -2.04. The summed E-state index contributed by atoms with van der Waals surface area (Å²) in [6, 6.07) is 4.45. The number of esters is 1.